The van der Waals surface area contributed by atoms with Crippen LogP contribution in [-0.2, 0) is 13.0 Å². The van der Waals surface area contributed by atoms with E-state index in [0.29, 0.717) is 0 Å². The second-order valence-corrected chi connectivity index (χ2v) is 5.17. The molecule has 1 heterocycles. The zero-order valence-corrected chi connectivity index (χ0v) is 17.2. The molecular weight excluding hydrogens is 433 g/mol. The van der Waals surface area contributed by atoms with Crippen molar-refractivity contribution in [2.75, 3.05) is 34.4 Å². The molecule has 0 amide bonds. The minimum atomic E-state index is 0. The van der Waals surface area contributed by atoms with Crippen molar-refractivity contribution in [2.45, 2.75) is 13.0 Å². The molecule has 0 aliphatic heterocycles. The Morgan fingerprint density at radius 3 is 2.56 bits per heavy atom. The summed E-state index contributed by atoms with van der Waals surface area (Å²) in [5, 5.41) is 6.59. The van der Waals surface area contributed by atoms with Crippen LogP contribution in [0.15, 0.2) is 41.9 Å². The number of nitrogens with zero attached hydrogens (tertiary/aromatic N) is 3. The third-order valence-electron chi connectivity index (χ3n) is 3.60. The van der Waals surface area contributed by atoms with Gasteiger partial charge < -0.3 is 24.7 Å². The molecule has 0 radical (unpaired) electrons. The Bertz CT molecular complexity index is 646. The van der Waals surface area contributed by atoms with E-state index in [4.69, 9.17) is 9.47 Å². The van der Waals surface area contributed by atoms with Crippen LogP contribution in [0.1, 0.15) is 5.56 Å². The lowest BCUT2D eigenvalue weighted by Crippen LogP contribution is -2.39. The van der Waals surface area contributed by atoms with Gasteiger partial charge in [0.15, 0.2) is 17.5 Å². The second kappa shape index (κ2) is 11.6. The summed E-state index contributed by atoms with van der Waals surface area (Å²) in [6, 6.07) is 5.96. The number of aliphatic imine (C=N–C) groups is 1. The summed E-state index contributed by atoms with van der Waals surface area (Å²) >= 11 is 0. The molecule has 1 aromatic heterocycles. The molecule has 7 nitrogen and oxygen atoms in total. The third kappa shape index (κ3) is 6.81. The molecule has 2 rings (SSSR count). The van der Waals surface area contributed by atoms with Gasteiger partial charge in [-0.25, -0.2) is 4.98 Å². The number of nitrogens with one attached hydrogen (secondary N) is 2. The molecule has 0 aliphatic carbocycles. The molecule has 0 saturated heterocycles. The van der Waals surface area contributed by atoms with Gasteiger partial charge in [0, 0.05) is 39.1 Å². The van der Waals surface area contributed by atoms with E-state index in [-0.39, 0.29) is 24.0 Å². The molecule has 0 atom stereocenters. The van der Waals surface area contributed by atoms with Gasteiger partial charge in [-0.1, -0.05) is 6.07 Å². The van der Waals surface area contributed by atoms with Crippen molar-refractivity contribution in [2.24, 2.45) is 4.99 Å². The first kappa shape index (κ1) is 21.1. The van der Waals surface area contributed by atoms with Crippen molar-refractivity contribution >= 4 is 29.9 Å². The van der Waals surface area contributed by atoms with Crippen molar-refractivity contribution < 1.29 is 9.47 Å². The molecule has 0 fully saturated rings. The van der Waals surface area contributed by atoms with Crippen LogP contribution in [0, 0.1) is 0 Å². The average molecular weight is 459 g/mol. The van der Waals surface area contributed by atoms with E-state index in [1.54, 1.807) is 33.8 Å². The second-order valence-electron chi connectivity index (χ2n) is 5.17. The maximum Gasteiger partial charge on any atom is 0.191 e. The number of guanidine groups is 1. The number of imidazole rings is 1. The summed E-state index contributed by atoms with van der Waals surface area (Å²) in [5.41, 5.74) is 1.18. The predicted molar refractivity (Wildman–Crippen MR) is 110 cm³/mol. The molecule has 0 spiro atoms. The highest BCUT2D eigenvalue weighted by Gasteiger charge is 2.05. The van der Waals surface area contributed by atoms with Crippen molar-refractivity contribution in [1.82, 2.24) is 20.2 Å². The first-order chi connectivity index (χ1) is 11.8. The normalized spacial score (nSPS) is 10.8. The van der Waals surface area contributed by atoms with Gasteiger partial charge in [0.1, 0.15) is 0 Å². The van der Waals surface area contributed by atoms with Gasteiger partial charge in [-0.2, -0.15) is 0 Å². The lowest BCUT2D eigenvalue weighted by atomic mass is 10.1. The summed E-state index contributed by atoms with van der Waals surface area (Å²) in [7, 11) is 5.05. The molecule has 8 heteroatoms. The van der Waals surface area contributed by atoms with Crippen LogP contribution in [0.5, 0.6) is 11.5 Å². The van der Waals surface area contributed by atoms with Gasteiger partial charge >= 0.3 is 0 Å². The number of ether oxygens (including phenoxy) is 2. The van der Waals surface area contributed by atoms with Gasteiger partial charge in [-0.05, 0) is 24.1 Å². The van der Waals surface area contributed by atoms with Crippen LogP contribution >= 0.6 is 24.0 Å². The van der Waals surface area contributed by atoms with E-state index in [1.807, 2.05) is 29.0 Å². The molecule has 2 aromatic rings. The van der Waals surface area contributed by atoms with E-state index < -0.39 is 0 Å². The molecular formula is C17H26IN5O2. The first-order valence-electron chi connectivity index (χ1n) is 7.88. The smallest absolute Gasteiger partial charge is 0.191 e. The van der Waals surface area contributed by atoms with Gasteiger partial charge in [0.05, 0.1) is 20.5 Å². The quantitative estimate of drug-likeness (QED) is 0.359. The summed E-state index contributed by atoms with van der Waals surface area (Å²) in [6.07, 6.45) is 6.38. The Labute approximate surface area is 165 Å². The molecule has 0 bridgehead atoms. The zero-order valence-electron chi connectivity index (χ0n) is 14.9. The molecule has 1 aromatic carbocycles. The van der Waals surface area contributed by atoms with Gasteiger partial charge in [0.2, 0.25) is 0 Å². The molecule has 0 unspecified atom stereocenters. The number of aromatic nitrogens is 2. The fraction of sp³-hybridized carbons (Fsp3) is 0.412. The van der Waals surface area contributed by atoms with Crippen molar-refractivity contribution in [3.63, 3.8) is 0 Å². The number of hydrogen-bond donors (Lipinski definition) is 2. The monoisotopic (exact) mass is 459 g/mol. The van der Waals surface area contributed by atoms with E-state index in [2.05, 4.69) is 20.6 Å². The van der Waals surface area contributed by atoms with Crippen LogP contribution in [0.25, 0.3) is 0 Å². The minimum Gasteiger partial charge on any atom is -0.493 e. The van der Waals surface area contributed by atoms with Crippen molar-refractivity contribution in [1.29, 1.82) is 0 Å². The largest absolute Gasteiger partial charge is 0.493 e. The summed E-state index contributed by atoms with van der Waals surface area (Å²) in [6.45, 7) is 2.41. The van der Waals surface area contributed by atoms with Crippen LogP contribution in [0.4, 0.5) is 0 Å². The summed E-state index contributed by atoms with van der Waals surface area (Å²) < 4.78 is 12.6. The molecule has 25 heavy (non-hydrogen) atoms. The van der Waals surface area contributed by atoms with Gasteiger partial charge in [-0.15, -0.1) is 24.0 Å². The molecule has 2 N–H and O–H groups in total. The Balaban J connectivity index is 0.00000312. The Kier molecular flexibility index (Phi) is 9.75. The van der Waals surface area contributed by atoms with Gasteiger partial charge in [-0.3, -0.25) is 4.99 Å². The molecule has 0 saturated carbocycles. The van der Waals surface area contributed by atoms with E-state index in [9.17, 15) is 0 Å². The maximum absolute atomic E-state index is 5.33. The van der Waals surface area contributed by atoms with E-state index >= 15 is 0 Å². The minimum absolute atomic E-state index is 0. The maximum atomic E-state index is 5.33. The number of benzene rings is 1. The lowest BCUT2D eigenvalue weighted by Gasteiger charge is -2.13. The number of halogens is 1. The summed E-state index contributed by atoms with van der Waals surface area (Å²) in [5.74, 6) is 2.28. The van der Waals surface area contributed by atoms with Crippen LogP contribution in [-0.4, -0.2) is 49.9 Å². The van der Waals surface area contributed by atoms with Gasteiger partial charge in [0.25, 0.3) is 0 Å². The average Bonchev–Trinajstić information content (AvgIpc) is 3.13. The highest BCUT2D eigenvalue weighted by Crippen LogP contribution is 2.27. The van der Waals surface area contributed by atoms with Crippen molar-refractivity contribution in [3.8, 4) is 11.5 Å². The molecule has 0 aliphatic rings. The van der Waals surface area contributed by atoms with Crippen LogP contribution in [0.3, 0.4) is 0 Å². The van der Waals surface area contributed by atoms with E-state index in [1.165, 1.54) is 5.56 Å². The first-order valence-corrected chi connectivity index (χ1v) is 7.88. The van der Waals surface area contributed by atoms with Crippen LogP contribution < -0.4 is 20.1 Å². The number of rotatable bonds is 8. The van der Waals surface area contributed by atoms with Crippen molar-refractivity contribution in [3.05, 3.63) is 42.5 Å². The molecule has 138 valence electrons. The highest BCUT2D eigenvalue weighted by molar-refractivity contribution is 14.0. The Morgan fingerprint density at radius 1 is 1.16 bits per heavy atom. The predicted octanol–water partition coefficient (Wildman–Crippen LogP) is 1.93. The number of hydrogen-bond acceptors (Lipinski definition) is 4. The fourth-order valence-electron chi connectivity index (χ4n) is 2.30. The number of methoxy groups -OCH3 is 2. The lowest BCUT2D eigenvalue weighted by molar-refractivity contribution is 0.354. The third-order valence-corrected chi connectivity index (χ3v) is 3.60. The zero-order chi connectivity index (χ0) is 17.2. The topological polar surface area (TPSA) is 72.7 Å². The summed E-state index contributed by atoms with van der Waals surface area (Å²) in [4.78, 5) is 8.24. The SMILES string of the molecule is CN=C(NCCc1ccc(OC)c(OC)c1)NCCn1ccnc1.I. The van der Waals surface area contributed by atoms with E-state index in [0.717, 1.165) is 43.5 Å². The fourth-order valence-corrected chi connectivity index (χ4v) is 2.30. The van der Waals surface area contributed by atoms with Crippen LogP contribution in [0.2, 0.25) is 0 Å². The highest BCUT2D eigenvalue weighted by atomic mass is 127. The Hall–Kier alpha value is -1.97. The standard InChI is InChI=1S/C17H25N5O2.HI/c1-18-17(21-9-11-22-10-8-19-13-22)20-7-6-14-4-5-15(23-2)16(12-14)24-3;/h4-5,8,10,12-13H,6-7,9,11H2,1-3H3,(H2,18,20,21);1H. The Morgan fingerprint density at radius 2 is 1.92 bits per heavy atom.